The summed E-state index contributed by atoms with van der Waals surface area (Å²) in [5.41, 5.74) is 0.367. The van der Waals surface area contributed by atoms with Crippen molar-refractivity contribution in [1.82, 2.24) is 24.7 Å². The van der Waals surface area contributed by atoms with E-state index >= 15 is 0 Å². The van der Waals surface area contributed by atoms with E-state index in [-0.39, 0.29) is 5.03 Å². The lowest BCUT2D eigenvalue weighted by atomic mass is 10.3. The van der Waals surface area contributed by atoms with Crippen molar-refractivity contribution in [3.05, 3.63) is 60.4 Å². The number of hydrogen-bond donors (Lipinski definition) is 0. The van der Waals surface area contributed by atoms with Crippen LogP contribution in [0, 0.1) is 5.82 Å². The zero-order valence-corrected chi connectivity index (χ0v) is 14.6. The summed E-state index contributed by atoms with van der Waals surface area (Å²) in [6.07, 6.45) is 4.99. The molecule has 0 aliphatic rings. The lowest BCUT2D eigenvalue weighted by molar-refractivity contribution is 0.482. The van der Waals surface area contributed by atoms with Gasteiger partial charge in [0.1, 0.15) is 17.1 Å². The Hall–Kier alpha value is -2.94. The van der Waals surface area contributed by atoms with E-state index in [1.165, 1.54) is 6.33 Å². The van der Waals surface area contributed by atoms with Gasteiger partial charge in [0.25, 0.3) is 0 Å². The Morgan fingerprint density at radius 1 is 1.12 bits per heavy atom. The molecule has 0 saturated carbocycles. The van der Waals surface area contributed by atoms with Gasteiger partial charge in [0.05, 0.1) is 24.8 Å². The van der Waals surface area contributed by atoms with Crippen molar-refractivity contribution >= 4 is 11.8 Å². The summed E-state index contributed by atoms with van der Waals surface area (Å²) in [5.74, 6) is 1.37. The third kappa shape index (κ3) is 3.13. The summed E-state index contributed by atoms with van der Waals surface area (Å²) in [6, 6.07) is 7.21. The topological polar surface area (TPSA) is 82.8 Å². The number of furan rings is 2. The Morgan fingerprint density at radius 3 is 2.69 bits per heavy atom. The first kappa shape index (κ1) is 16.5. The molecule has 4 heterocycles. The van der Waals surface area contributed by atoms with Crippen LogP contribution >= 0.6 is 11.8 Å². The van der Waals surface area contributed by atoms with Gasteiger partial charge in [-0.2, -0.15) is 0 Å². The Labute approximate surface area is 152 Å². The van der Waals surface area contributed by atoms with Crippen molar-refractivity contribution in [2.45, 2.75) is 30.1 Å². The fraction of sp³-hybridized carbons (Fsp3) is 0.176. The molecule has 0 aromatic carbocycles. The van der Waals surface area contributed by atoms with Gasteiger partial charge in [-0.25, -0.2) is 14.4 Å². The van der Waals surface area contributed by atoms with Gasteiger partial charge in [-0.1, -0.05) is 6.92 Å². The lowest BCUT2D eigenvalue weighted by Gasteiger charge is -2.08. The Morgan fingerprint density at radius 2 is 1.96 bits per heavy atom. The second kappa shape index (κ2) is 7.12. The fourth-order valence-electron chi connectivity index (χ4n) is 2.45. The molecule has 0 bridgehead atoms. The minimum atomic E-state index is -0.438. The first-order valence-corrected chi connectivity index (χ1v) is 8.74. The van der Waals surface area contributed by atoms with Crippen molar-refractivity contribution in [2.24, 2.45) is 0 Å². The lowest BCUT2D eigenvalue weighted by Crippen LogP contribution is -2.04. The normalized spacial score (nSPS) is 11.2. The van der Waals surface area contributed by atoms with Crippen LogP contribution in [0.25, 0.3) is 11.6 Å². The van der Waals surface area contributed by atoms with E-state index in [2.05, 4.69) is 20.2 Å². The first-order chi connectivity index (χ1) is 12.8. The number of nitrogens with zero attached hydrogens (tertiary/aromatic N) is 5. The Balaban J connectivity index is 1.74. The van der Waals surface area contributed by atoms with Crippen LogP contribution in [0.15, 0.2) is 62.1 Å². The summed E-state index contributed by atoms with van der Waals surface area (Å²) in [5, 5.41) is 9.07. The summed E-state index contributed by atoms with van der Waals surface area (Å²) in [6.45, 7) is 2.22. The van der Waals surface area contributed by atoms with E-state index < -0.39 is 5.82 Å². The Kier molecular flexibility index (Phi) is 4.53. The van der Waals surface area contributed by atoms with E-state index in [1.54, 1.807) is 35.3 Å². The minimum absolute atomic E-state index is 0.205. The average Bonchev–Trinajstić information content (AvgIpc) is 3.40. The quantitative estimate of drug-likeness (QED) is 0.476. The molecule has 4 aromatic heterocycles. The molecule has 0 spiro atoms. The number of aryl methyl sites for hydroxylation is 1. The molecule has 132 valence electrons. The third-order valence-electron chi connectivity index (χ3n) is 3.70. The van der Waals surface area contributed by atoms with Gasteiger partial charge in [0, 0.05) is 0 Å². The van der Waals surface area contributed by atoms with E-state index in [4.69, 9.17) is 8.83 Å². The molecule has 4 aromatic rings. The zero-order chi connectivity index (χ0) is 17.9. The van der Waals surface area contributed by atoms with E-state index in [9.17, 15) is 4.39 Å². The molecule has 0 unspecified atom stereocenters. The van der Waals surface area contributed by atoms with Crippen LogP contribution in [-0.2, 0) is 13.0 Å². The van der Waals surface area contributed by atoms with E-state index in [0.717, 1.165) is 17.5 Å². The molecule has 4 rings (SSSR count). The SMILES string of the molecule is CCc1ncnc(Sc2nnc(-c3ccco3)n2Cc2ccco2)c1F. The minimum Gasteiger partial charge on any atom is -0.467 e. The summed E-state index contributed by atoms with van der Waals surface area (Å²) >= 11 is 1.09. The fourth-order valence-corrected chi connectivity index (χ4v) is 3.27. The second-order valence-corrected chi connectivity index (χ2v) is 6.30. The van der Waals surface area contributed by atoms with Gasteiger partial charge in [0.15, 0.2) is 16.7 Å². The first-order valence-electron chi connectivity index (χ1n) is 7.93. The molecular formula is C17H14FN5O2S. The van der Waals surface area contributed by atoms with Gasteiger partial charge in [-0.3, -0.25) is 4.57 Å². The summed E-state index contributed by atoms with van der Waals surface area (Å²) < 4.78 is 27.2. The molecule has 0 radical (unpaired) electrons. The molecule has 0 atom stereocenters. The number of aromatic nitrogens is 5. The van der Waals surface area contributed by atoms with Crippen LogP contribution in [0.2, 0.25) is 0 Å². The zero-order valence-electron chi connectivity index (χ0n) is 13.8. The molecular weight excluding hydrogens is 357 g/mol. The van der Waals surface area contributed by atoms with Crippen LogP contribution in [0.5, 0.6) is 0 Å². The Bertz CT molecular complexity index is 999. The van der Waals surface area contributed by atoms with Crippen molar-refractivity contribution in [3.63, 3.8) is 0 Å². The average molecular weight is 371 g/mol. The smallest absolute Gasteiger partial charge is 0.200 e. The predicted octanol–water partition coefficient (Wildman–Crippen LogP) is 3.82. The molecule has 0 aliphatic heterocycles. The molecule has 0 N–H and O–H groups in total. The van der Waals surface area contributed by atoms with Gasteiger partial charge in [-0.15, -0.1) is 10.2 Å². The van der Waals surface area contributed by atoms with Crippen molar-refractivity contribution in [3.8, 4) is 11.6 Å². The molecule has 26 heavy (non-hydrogen) atoms. The summed E-state index contributed by atoms with van der Waals surface area (Å²) in [7, 11) is 0. The monoisotopic (exact) mass is 371 g/mol. The van der Waals surface area contributed by atoms with Crippen LogP contribution in [0.3, 0.4) is 0 Å². The highest BCUT2D eigenvalue weighted by Crippen LogP contribution is 2.31. The molecule has 0 fully saturated rings. The van der Waals surface area contributed by atoms with Gasteiger partial charge in [0.2, 0.25) is 5.82 Å². The van der Waals surface area contributed by atoms with E-state index in [0.29, 0.717) is 35.4 Å². The highest BCUT2D eigenvalue weighted by Gasteiger charge is 2.20. The largest absolute Gasteiger partial charge is 0.467 e. The molecule has 9 heteroatoms. The number of hydrogen-bond acceptors (Lipinski definition) is 7. The maximum Gasteiger partial charge on any atom is 0.200 e. The molecule has 0 saturated heterocycles. The predicted molar refractivity (Wildman–Crippen MR) is 91.0 cm³/mol. The van der Waals surface area contributed by atoms with E-state index in [1.807, 2.05) is 13.0 Å². The highest BCUT2D eigenvalue weighted by atomic mass is 32.2. The van der Waals surface area contributed by atoms with Crippen molar-refractivity contribution in [1.29, 1.82) is 0 Å². The third-order valence-corrected chi connectivity index (χ3v) is 4.67. The second-order valence-electron chi connectivity index (χ2n) is 5.34. The van der Waals surface area contributed by atoms with Crippen molar-refractivity contribution < 1.29 is 13.2 Å². The van der Waals surface area contributed by atoms with Crippen LogP contribution < -0.4 is 0 Å². The number of halogens is 1. The van der Waals surface area contributed by atoms with Crippen LogP contribution in [0.4, 0.5) is 4.39 Å². The molecule has 7 nitrogen and oxygen atoms in total. The maximum atomic E-state index is 14.5. The summed E-state index contributed by atoms with van der Waals surface area (Å²) in [4.78, 5) is 8.00. The van der Waals surface area contributed by atoms with Crippen LogP contribution in [0.1, 0.15) is 18.4 Å². The van der Waals surface area contributed by atoms with Gasteiger partial charge < -0.3 is 8.83 Å². The number of rotatable bonds is 6. The van der Waals surface area contributed by atoms with Crippen LogP contribution in [-0.4, -0.2) is 24.7 Å². The molecule has 0 amide bonds. The standard InChI is InChI=1S/C17H14FN5O2S/c1-2-12-14(18)16(20-10-19-12)26-17-22-21-15(13-6-4-8-25-13)23(17)9-11-5-3-7-24-11/h3-8,10H,2,9H2,1H3. The van der Waals surface area contributed by atoms with Crippen molar-refractivity contribution in [2.75, 3.05) is 0 Å². The van der Waals surface area contributed by atoms with Gasteiger partial charge in [-0.05, 0) is 42.4 Å². The highest BCUT2D eigenvalue weighted by molar-refractivity contribution is 7.99. The van der Waals surface area contributed by atoms with Gasteiger partial charge >= 0.3 is 0 Å². The maximum absolute atomic E-state index is 14.5. The molecule has 0 aliphatic carbocycles.